The van der Waals surface area contributed by atoms with Crippen LogP contribution in [0.25, 0.3) is 0 Å². The van der Waals surface area contributed by atoms with E-state index in [1.165, 1.54) is 12.2 Å². The fourth-order valence-corrected chi connectivity index (χ4v) is 5.08. The van der Waals surface area contributed by atoms with E-state index in [0.29, 0.717) is 6.42 Å². The number of esters is 1. The number of nitrogens with zero attached hydrogens (tertiary/aromatic N) is 1. The lowest BCUT2D eigenvalue weighted by Gasteiger charge is -2.27. The lowest BCUT2D eigenvalue weighted by atomic mass is 9.90. The molecule has 0 radical (unpaired) electrons. The number of ether oxygens (including phenoxy) is 1. The van der Waals surface area contributed by atoms with Crippen molar-refractivity contribution in [1.82, 2.24) is 5.32 Å². The van der Waals surface area contributed by atoms with E-state index >= 15 is 0 Å². The molecule has 1 N–H and O–H groups in total. The monoisotopic (exact) mass is 358 g/mol. The summed E-state index contributed by atoms with van der Waals surface area (Å²) < 4.78 is 4.98. The van der Waals surface area contributed by atoms with Crippen LogP contribution in [0.1, 0.15) is 52.9 Å². The van der Waals surface area contributed by atoms with Crippen molar-refractivity contribution in [3.63, 3.8) is 0 Å². The summed E-state index contributed by atoms with van der Waals surface area (Å²) >= 11 is 0. The summed E-state index contributed by atoms with van der Waals surface area (Å²) in [7, 11) is 3.87. The Balaban J connectivity index is 2.14. The highest BCUT2D eigenvalue weighted by molar-refractivity contribution is 8.77. The number of nitrogens with one attached hydrogen (secondary N) is 1. The Morgan fingerprint density at radius 2 is 2.17 bits per heavy atom. The van der Waals surface area contributed by atoms with Gasteiger partial charge in [0.1, 0.15) is 5.54 Å². The largest absolute Gasteiger partial charge is 0.456 e. The van der Waals surface area contributed by atoms with E-state index in [2.05, 4.69) is 11.4 Å². The van der Waals surface area contributed by atoms with Gasteiger partial charge in [-0.25, -0.2) is 0 Å². The molecule has 7 heteroatoms. The van der Waals surface area contributed by atoms with Crippen molar-refractivity contribution in [2.45, 2.75) is 63.7 Å². The summed E-state index contributed by atoms with van der Waals surface area (Å²) in [6.45, 7) is 5.06. The van der Waals surface area contributed by atoms with Crippen LogP contribution in [0.15, 0.2) is 0 Å². The van der Waals surface area contributed by atoms with Crippen LogP contribution in [-0.2, 0) is 14.3 Å². The molecule has 0 unspecified atom stereocenters. The predicted octanol–water partition coefficient (Wildman–Crippen LogP) is 3.30. The number of carbonyl (C=O) groups is 2. The third-order valence-electron chi connectivity index (χ3n) is 4.03. The SMILES string of the molecule is CC(C)[C@@](C)(C#N)NC(=O)COC(=O)CCCC[C@H]1CCSS1. The van der Waals surface area contributed by atoms with Crippen molar-refractivity contribution in [3.8, 4) is 6.07 Å². The van der Waals surface area contributed by atoms with E-state index in [-0.39, 0.29) is 18.5 Å². The Kier molecular flexibility index (Phi) is 8.85. The molecule has 1 rings (SSSR count). The van der Waals surface area contributed by atoms with Crippen LogP contribution in [0, 0.1) is 17.2 Å². The van der Waals surface area contributed by atoms with Crippen LogP contribution >= 0.6 is 21.6 Å². The van der Waals surface area contributed by atoms with Gasteiger partial charge in [-0.2, -0.15) is 5.26 Å². The van der Waals surface area contributed by atoms with Gasteiger partial charge in [-0.15, -0.1) is 0 Å². The molecule has 5 nitrogen and oxygen atoms in total. The Hall–Kier alpha value is -0.870. The lowest BCUT2D eigenvalue weighted by molar-refractivity contribution is -0.149. The topological polar surface area (TPSA) is 79.2 Å². The van der Waals surface area contributed by atoms with E-state index in [1.807, 2.05) is 35.4 Å². The van der Waals surface area contributed by atoms with E-state index in [4.69, 9.17) is 10.00 Å². The molecule has 2 atom stereocenters. The second-order valence-corrected chi connectivity index (χ2v) is 9.04. The third-order valence-corrected chi connectivity index (χ3v) is 7.04. The van der Waals surface area contributed by atoms with Crippen molar-refractivity contribution in [3.05, 3.63) is 0 Å². The Morgan fingerprint density at radius 1 is 1.43 bits per heavy atom. The number of carbonyl (C=O) groups excluding carboxylic acids is 2. The summed E-state index contributed by atoms with van der Waals surface area (Å²) in [4.78, 5) is 23.4. The van der Waals surface area contributed by atoms with E-state index in [0.717, 1.165) is 24.5 Å². The summed E-state index contributed by atoms with van der Waals surface area (Å²) in [6, 6.07) is 2.09. The Morgan fingerprint density at radius 3 is 2.74 bits per heavy atom. The second-order valence-electron chi connectivity index (χ2n) is 6.25. The van der Waals surface area contributed by atoms with Gasteiger partial charge < -0.3 is 10.1 Å². The van der Waals surface area contributed by atoms with Gasteiger partial charge in [0.2, 0.25) is 0 Å². The molecule has 0 bridgehead atoms. The summed E-state index contributed by atoms with van der Waals surface area (Å²) in [5.41, 5.74) is -0.944. The molecule has 1 heterocycles. The van der Waals surface area contributed by atoms with Gasteiger partial charge in [0.15, 0.2) is 6.61 Å². The summed E-state index contributed by atoms with van der Waals surface area (Å²) in [6.07, 6.45) is 4.55. The highest BCUT2D eigenvalue weighted by atomic mass is 33.1. The van der Waals surface area contributed by atoms with Crippen molar-refractivity contribution in [2.75, 3.05) is 12.4 Å². The molecule has 1 saturated heterocycles. The Labute approximate surface area is 146 Å². The zero-order valence-corrected chi connectivity index (χ0v) is 15.7. The molecule has 0 saturated carbocycles. The molecule has 0 aromatic carbocycles. The molecule has 1 amide bonds. The van der Waals surface area contributed by atoms with Gasteiger partial charge in [0.25, 0.3) is 5.91 Å². The minimum absolute atomic E-state index is 0.0289. The van der Waals surface area contributed by atoms with Crippen LogP contribution < -0.4 is 5.32 Å². The van der Waals surface area contributed by atoms with Crippen molar-refractivity contribution < 1.29 is 14.3 Å². The highest BCUT2D eigenvalue weighted by Crippen LogP contribution is 2.39. The molecule has 0 spiro atoms. The van der Waals surface area contributed by atoms with Crippen LogP contribution in [0.5, 0.6) is 0 Å². The summed E-state index contributed by atoms with van der Waals surface area (Å²) in [5, 5.41) is 12.5. The first-order chi connectivity index (χ1) is 10.9. The third kappa shape index (κ3) is 7.49. The molecular weight excluding hydrogens is 332 g/mol. The lowest BCUT2D eigenvalue weighted by Crippen LogP contribution is -2.50. The Bertz CT molecular complexity index is 445. The van der Waals surface area contributed by atoms with Crippen LogP contribution in [0.2, 0.25) is 0 Å². The standard InChI is InChI=1S/C16H26N2O3S2/c1-12(2)16(3,11-17)18-14(19)10-21-15(20)7-5-4-6-13-8-9-22-23-13/h12-13H,4-10H2,1-3H3,(H,18,19)/t13-,16+/m0/s1. The van der Waals surface area contributed by atoms with Crippen LogP contribution in [0.3, 0.4) is 0 Å². The minimum Gasteiger partial charge on any atom is -0.456 e. The maximum Gasteiger partial charge on any atom is 0.306 e. The molecule has 1 aliphatic rings. The van der Waals surface area contributed by atoms with Gasteiger partial charge in [0, 0.05) is 17.4 Å². The predicted molar refractivity (Wildman–Crippen MR) is 94.9 cm³/mol. The van der Waals surface area contributed by atoms with Crippen molar-refractivity contribution in [1.29, 1.82) is 5.26 Å². The van der Waals surface area contributed by atoms with Gasteiger partial charge in [0.05, 0.1) is 6.07 Å². The van der Waals surface area contributed by atoms with Gasteiger partial charge in [-0.05, 0) is 32.1 Å². The zero-order valence-electron chi connectivity index (χ0n) is 14.1. The van der Waals surface area contributed by atoms with Crippen LogP contribution in [0.4, 0.5) is 0 Å². The average molecular weight is 359 g/mol. The smallest absolute Gasteiger partial charge is 0.306 e. The number of nitriles is 1. The van der Waals surface area contributed by atoms with E-state index < -0.39 is 11.4 Å². The number of amides is 1. The second kappa shape index (κ2) is 10.1. The maximum absolute atomic E-state index is 11.8. The van der Waals surface area contributed by atoms with Gasteiger partial charge >= 0.3 is 5.97 Å². The number of rotatable bonds is 9. The normalized spacial score (nSPS) is 19.9. The molecule has 1 fully saturated rings. The number of hydrogen-bond acceptors (Lipinski definition) is 6. The molecule has 1 aliphatic heterocycles. The van der Waals surface area contributed by atoms with Gasteiger partial charge in [-0.1, -0.05) is 41.9 Å². The molecule has 23 heavy (non-hydrogen) atoms. The molecule has 130 valence electrons. The first kappa shape index (κ1) is 20.2. The molecule has 0 aliphatic carbocycles. The highest BCUT2D eigenvalue weighted by Gasteiger charge is 2.30. The first-order valence-corrected chi connectivity index (χ1v) is 10.4. The van der Waals surface area contributed by atoms with Gasteiger partial charge in [-0.3, -0.25) is 9.59 Å². The quantitative estimate of drug-likeness (QED) is 0.387. The minimum atomic E-state index is -0.944. The zero-order chi connectivity index (χ0) is 17.3. The molecule has 0 aromatic rings. The van der Waals surface area contributed by atoms with E-state index in [1.54, 1.807) is 6.92 Å². The van der Waals surface area contributed by atoms with Crippen LogP contribution in [-0.4, -0.2) is 35.0 Å². The van der Waals surface area contributed by atoms with E-state index in [9.17, 15) is 9.59 Å². The molecule has 0 aromatic heterocycles. The van der Waals surface area contributed by atoms with Crippen molar-refractivity contribution in [2.24, 2.45) is 5.92 Å². The first-order valence-electron chi connectivity index (χ1n) is 8.03. The summed E-state index contributed by atoms with van der Waals surface area (Å²) in [5.74, 6) is 0.413. The average Bonchev–Trinajstić information content (AvgIpc) is 3.02. The fraction of sp³-hybridized carbons (Fsp3) is 0.812. The number of hydrogen-bond donors (Lipinski definition) is 1. The van der Waals surface area contributed by atoms with Crippen molar-refractivity contribution >= 4 is 33.5 Å². The maximum atomic E-state index is 11.8. The number of unbranched alkanes of at least 4 members (excludes halogenated alkanes) is 1. The molecular formula is C16H26N2O3S2. The fourth-order valence-electron chi connectivity index (χ4n) is 2.05.